The Morgan fingerprint density at radius 2 is 2.10 bits per heavy atom. The number of hydrogen-bond donors (Lipinski definition) is 2. The van der Waals surface area contributed by atoms with Gasteiger partial charge in [0.05, 0.1) is 6.10 Å². The highest BCUT2D eigenvalue weighted by Crippen LogP contribution is 2.22. The number of rotatable bonds is 7. The fourth-order valence-corrected chi connectivity index (χ4v) is 3.10. The molecule has 0 radical (unpaired) electrons. The third-order valence-electron chi connectivity index (χ3n) is 4.45. The summed E-state index contributed by atoms with van der Waals surface area (Å²) in [7, 11) is 0. The van der Waals surface area contributed by atoms with Gasteiger partial charge in [-0.1, -0.05) is 19.1 Å². The van der Waals surface area contributed by atoms with Gasteiger partial charge < -0.3 is 15.3 Å². The first-order chi connectivity index (χ1) is 10.1. The van der Waals surface area contributed by atoms with Gasteiger partial charge in [0.1, 0.15) is 5.82 Å². The maximum Gasteiger partial charge on any atom is 0.123 e. The van der Waals surface area contributed by atoms with E-state index in [9.17, 15) is 9.50 Å². The molecule has 3 atom stereocenters. The van der Waals surface area contributed by atoms with Crippen LogP contribution in [0.1, 0.15) is 38.3 Å². The molecule has 0 saturated carbocycles. The number of aliphatic hydroxyl groups excluding tert-OH is 1. The Morgan fingerprint density at radius 1 is 1.38 bits per heavy atom. The van der Waals surface area contributed by atoms with E-state index < -0.39 is 0 Å². The highest BCUT2D eigenvalue weighted by molar-refractivity contribution is 5.20. The lowest BCUT2D eigenvalue weighted by Crippen LogP contribution is -2.29. The van der Waals surface area contributed by atoms with E-state index >= 15 is 0 Å². The maximum atomic E-state index is 13.0. The summed E-state index contributed by atoms with van der Waals surface area (Å²) in [6.45, 7) is 7.94. The van der Waals surface area contributed by atoms with E-state index in [1.54, 1.807) is 0 Å². The van der Waals surface area contributed by atoms with E-state index in [-0.39, 0.29) is 18.0 Å². The second-order valence-electron chi connectivity index (χ2n) is 6.04. The molecule has 0 aliphatic carbocycles. The highest BCUT2D eigenvalue weighted by Gasteiger charge is 2.26. The molecule has 118 valence electrons. The summed E-state index contributed by atoms with van der Waals surface area (Å²) in [4.78, 5) is 2.42. The quantitative estimate of drug-likeness (QED) is 0.811. The Labute approximate surface area is 127 Å². The molecule has 3 unspecified atom stereocenters. The largest absolute Gasteiger partial charge is 0.393 e. The molecule has 2 rings (SSSR count). The minimum atomic E-state index is -0.211. The Kier molecular flexibility index (Phi) is 6.15. The van der Waals surface area contributed by atoms with Crippen molar-refractivity contribution in [1.82, 2.24) is 10.2 Å². The van der Waals surface area contributed by atoms with E-state index in [0.717, 1.165) is 44.6 Å². The molecule has 3 nitrogen and oxygen atoms in total. The van der Waals surface area contributed by atoms with E-state index in [1.807, 2.05) is 19.1 Å². The summed E-state index contributed by atoms with van der Waals surface area (Å²) in [6, 6.07) is 7.05. The van der Waals surface area contributed by atoms with Crippen molar-refractivity contribution in [2.75, 3.05) is 26.2 Å². The summed E-state index contributed by atoms with van der Waals surface area (Å²) in [6.07, 6.45) is 1.88. The highest BCUT2D eigenvalue weighted by atomic mass is 19.1. The molecular weight excluding hydrogens is 267 g/mol. The van der Waals surface area contributed by atoms with Crippen molar-refractivity contribution in [3.63, 3.8) is 0 Å². The van der Waals surface area contributed by atoms with Crippen LogP contribution in [0.25, 0.3) is 0 Å². The number of benzene rings is 1. The molecule has 1 saturated heterocycles. The van der Waals surface area contributed by atoms with E-state index in [2.05, 4.69) is 17.1 Å². The lowest BCUT2D eigenvalue weighted by molar-refractivity contribution is 0.127. The third kappa shape index (κ3) is 4.77. The summed E-state index contributed by atoms with van der Waals surface area (Å²) in [5.41, 5.74) is 1.14. The maximum absolute atomic E-state index is 13.0. The first-order valence-electron chi connectivity index (χ1n) is 7.99. The van der Waals surface area contributed by atoms with Gasteiger partial charge in [0.25, 0.3) is 0 Å². The van der Waals surface area contributed by atoms with Crippen LogP contribution in [0.15, 0.2) is 24.3 Å². The first-order valence-corrected chi connectivity index (χ1v) is 7.99. The van der Waals surface area contributed by atoms with E-state index in [1.165, 1.54) is 12.1 Å². The molecule has 1 aliphatic heterocycles. The Balaban J connectivity index is 1.87. The van der Waals surface area contributed by atoms with Gasteiger partial charge in [-0.05, 0) is 63.0 Å². The van der Waals surface area contributed by atoms with Gasteiger partial charge in [-0.2, -0.15) is 0 Å². The van der Waals surface area contributed by atoms with Gasteiger partial charge in [0, 0.05) is 12.6 Å². The van der Waals surface area contributed by atoms with Crippen molar-refractivity contribution in [3.05, 3.63) is 35.6 Å². The SMILES string of the molecule is CCNC(CCN1CCC(C(C)O)C1)c1ccc(F)cc1. The zero-order chi connectivity index (χ0) is 15.2. The Hall–Kier alpha value is -0.970. The van der Waals surface area contributed by atoms with Crippen LogP contribution in [0.3, 0.4) is 0 Å². The lowest BCUT2D eigenvalue weighted by atomic mass is 10.0. The molecule has 1 aliphatic rings. The van der Waals surface area contributed by atoms with Crippen LogP contribution in [-0.2, 0) is 0 Å². The molecule has 0 aromatic heterocycles. The minimum Gasteiger partial charge on any atom is -0.393 e. The Bertz CT molecular complexity index is 421. The average Bonchev–Trinajstić information content (AvgIpc) is 2.93. The molecule has 21 heavy (non-hydrogen) atoms. The molecule has 1 heterocycles. The number of nitrogens with one attached hydrogen (secondary N) is 1. The van der Waals surface area contributed by atoms with Crippen LogP contribution in [0.4, 0.5) is 4.39 Å². The summed E-state index contributed by atoms with van der Waals surface area (Å²) in [5, 5.41) is 13.1. The van der Waals surface area contributed by atoms with Crippen molar-refractivity contribution in [2.45, 2.75) is 38.8 Å². The molecule has 0 amide bonds. The number of hydrogen-bond acceptors (Lipinski definition) is 3. The lowest BCUT2D eigenvalue weighted by Gasteiger charge is -2.23. The van der Waals surface area contributed by atoms with Gasteiger partial charge in [-0.3, -0.25) is 0 Å². The first kappa shape index (κ1) is 16.4. The van der Waals surface area contributed by atoms with Gasteiger partial charge in [0.15, 0.2) is 0 Å². The van der Waals surface area contributed by atoms with Crippen LogP contribution in [0, 0.1) is 11.7 Å². The molecule has 1 fully saturated rings. The molecule has 1 aromatic carbocycles. The zero-order valence-corrected chi connectivity index (χ0v) is 13.1. The molecule has 4 heteroatoms. The molecule has 0 spiro atoms. The minimum absolute atomic E-state index is 0.187. The monoisotopic (exact) mass is 294 g/mol. The van der Waals surface area contributed by atoms with Crippen molar-refractivity contribution in [1.29, 1.82) is 0 Å². The van der Waals surface area contributed by atoms with Gasteiger partial charge in [-0.15, -0.1) is 0 Å². The molecule has 0 bridgehead atoms. The zero-order valence-electron chi connectivity index (χ0n) is 13.1. The normalized spacial score (nSPS) is 22.4. The van der Waals surface area contributed by atoms with Gasteiger partial charge >= 0.3 is 0 Å². The number of nitrogens with zero attached hydrogens (tertiary/aromatic N) is 1. The van der Waals surface area contributed by atoms with Crippen LogP contribution in [0.5, 0.6) is 0 Å². The fourth-order valence-electron chi connectivity index (χ4n) is 3.10. The number of likely N-dealkylation sites (tertiary alicyclic amines) is 1. The second kappa shape index (κ2) is 7.87. The van der Waals surface area contributed by atoms with Crippen molar-refractivity contribution < 1.29 is 9.50 Å². The topological polar surface area (TPSA) is 35.5 Å². The fraction of sp³-hybridized carbons (Fsp3) is 0.647. The van der Waals surface area contributed by atoms with Crippen molar-refractivity contribution >= 4 is 0 Å². The number of halogens is 1. The molecule has 1 aromatic rings. The van der Waals surface area contributed by atoms with Crippen molar-refractivity contribution in [2.24, 2.45) is 5.92 Å². The molecule has 2 N–H and O–H groups in total. The predicted molar refractivity (Wildman–Crippen MR) is 83.7 cm³/mol. The summed E-state index contributed by atoms with van der Waals surface area (Å²) in [5.74, 6) is 0.224. The van der Waals surface area contributed by atoms with Crippen LogP contribution in [0.2, 0.25) is 0 Å². The third-order valence-corrected chi connectivity index (χ3v) is 4.45. The average molecular weight is 294 g/mol. The van der Waals surface area contributed by atoms with Crippen LogP contribution < -0.4 is 5.32 Å². The van der Waals surface area contributed by atoms with Gasteiger partial charge in [0.2, 0.25) is 0 Å². The van der Waals surface area contributed by atoms with E-state index in [0.29, 0.717) is 5.92 Å². The van der Waals surface area contributed by atoms with E-state index in [4.69, 9.17) is 0 Å². The van der Waals surface area contributed by atoms with Crippen molar-refractivity contribution in [3.8, 4) is 0 Å². The summed E-state index contributed by atoms with van der Waals surface area (Å²) >= 11 is 0. The Morgan fingerprint density at radius 3 is 2.67 bits per heavy atom. The predicted octanol–water partition coefficient (Wildman–Crippen LogP) is 2.57. The van der Waals surface area contributed by atoms with Crippen LogP contribution >= 0.6 is 0 Å². The summed E-state index contributed by atoms with van der Waals surface area (Å²) < 4.78 is 13.0. The standard InChI is InChI=1S/C17H27FN2O/c1-3-19-17(14-4-6-16(18)7-5-14)9-11-20-10-8-15(12-20)13(2)21/h4-7,13,15,17,19,21H,3,8-12H2,1-2H3. The van der Waals surface area contributed by atoms with Crippen LogP contribution in [-0.4, -0.2) is 42.3 Å². The molecular formula is C17H27FN2O. The van der Waals surface area contributed by atoms with Gasteiger partial charge in [-0.25, -0.2) is 4.39 Å². The second-order valence-corrected chi connectivity index (χ2v) is 6.04. The smallest absolute Gasteiger partial charge is 0.123 e. The number of aliphatic hydroxyl groups is 1.